The lowest BCUT2D eigenvalue weighted by Gasteiger charge is -2.05. The second-order valence-electron chi connectivity index (χ2n) is 4.27. The average Bonchev–Trinajstić information content (AvgIpc) is 2.82. The van der Waals surface area contributed by atoms with Gasteiger partial charge in [0.05, 0.1) is 6.61 Å². The maximum absolute atomic E-state index is 5.51. The zero-order valence-corrected chi connectivity index (χ0v) is 12.0. The van der Waals surface area contributed by atoms with Crippen LogP contribution in [-0.2, 0) is 23.1 Å². The van der Waals surface area contributed by atoms with Crippen LogP contribution in [0.1, 0.15) is 5.82 Å². The zero-order chi connectivity index (χ0) is 14.4. The van der Waals surface area contributed by atoms with Crippen molar-refractivity contribution in [3.05, 3.63) is 30.1 Å². The molecule has 0 aliphatic rings. The number of ether oxygens (including phenoxy) is 3. The Morgan fingerprint density at radius 2 is 1.80 bits per heavy atom. The Labute approximate surface area is 118 Å². The molecule has 0 aliphatic heterocycles. The highest BCUT2D eigenvalue weighted by Crippen LogP contribution is 2.20. The molecule has 0 saturated heterocycles. The number of nitrogens with zero attached hydrogens (tertiary/aromatic N) is 3. The molecule has 1 aromatic heterocycles. The van der Waals surface area contributed by atoms with E-state index in [1.807, 2.05) is 31.3 Å². The molecule has 2 aromatic rings. The van der Waals surface area contributed by atoms with Gasteiger partial charge in [-0.2, -0.15) is 5.10 Å². The standard InChI is InChI=1S/C14H19N3O3/c1-17-13(10-19-3)15-14(16-17)11-4-6-12(7-5-11)20-9-8-18-2/h4-7H,8-10H2,1-3H3. The molecule has 2 rings (SSSR count). The van der Waals surface area contributed by atoms with E-state index >= 15 is 0 Å². The highest BCUT2D eigenvalue weighted by Gasteiger charge is 2.09. The maximum atomic E-state index is 5.51. The number of aromatic nitrogens is 3. The fourth-order valence-electron chi connectivity index (χ4n) is 1.74. The molecule has 108 valence electrons. The molecule has 0 aliphatic carbocycles. The van der Waals surface area contributed by atoms with Crippen molar-refractivity contribution in [3.8, 4) is 17.1 Å². The first-order valence-corrected chi connectivity index (χ1v) is 6.35. The van der Waals surface area contributed by atoms with E-state index in [2.05, 4.69) is 10.1 Å². The number of aryl methyl sites for hydroxylation is 1. The molecule has 20 heavy (non-hydrogen) atoms. The van der Waals surface area contributed by atoms with E-state index in [9.17, 15) is 0 Å². The van der Waals surface area contributed by atoms with Crippen molar-refractivity contribution in [2.45, 2.75) is 6.61 Å². The summed E-state index contributed by atoms with van der Waals surface area (Å²) in [6, 6.07) is 7.68. The summed E-state index contributed by atoms with van der Waals surface area (Å²) in [5.41, 5.74) is 0.946. The molecular formula is C14H19N3O3. The Kier molecular flexibility index (Phi) is 5.09. The Morgan fingerprint density at radius 3 is 2.45 bits per heavy atom. The zero-order valence-electron chi connectivity index (χ0n) is 12.0. The van der Waals surface area contributed by atoms with Crippen LogP contribution in [0.5, 0.6) is 5.75 Å². The van der Waals surface area contributed by atoms with Gasteiger partial charge in [0.2, 0.25) is 0 Å². The minimum absolute atomic E-state index is 0.446. The van der Waals surface area contributed by atoms with Crippen LogP contribution in [0.15, 0.2) is 24.3 Å². The van der Waals surface area contributed by atoms with E-state index < -0.39 is 0 Å². The van der Waals surface area contributed by atoms with Crippen molar-refractivity contribution >= 4 is 0 Å². The monoisotopic (exact) mass is 277 g/mol. The summed E-state index contributed by atoms with van der Waals surface area (Å²) in [4.78, 5) is 4.44. The molecule has 0 spiro atoms. The van der Waals surface area contributed by atoms with Gasteiger partial charge in [-0.05, 0) is 24.3 Å². The summed E-state index contributed by atoms with van der Waals surface area (Å²) in [7, 11) is 5.14. The third kappa shape index (κ3) is 3.55. The molecule has 0 N–H and O–H groups in total. The van der Waals surface area contributed by atoms with Gasteiger partial charge >= 0.3 is 0 Å². The Balaban J connectivity index is 2.07. The van der Waals surface area contributed by atoms with Crippen LogP contribution in [0.3, 0.4) is 0 Å². The topological polar surface area (TPSA) is 58.4 Å². The average molecular weight is 277 g/mol. The maximum Gasteiger partial charge on any atom is 0.181 e. The molecule has 1 heterocycles. The third-order valence-corrected chi connectivity index (χ3v) is 2.80. The highest BCUT2D eigenvalue weighted by molar-refractivity contribution is 5.55. The summed E-state index contributed by atoms with van der Waals surface area (Å²) in [6.45, 7) is 1.56. The molecule has 0 atom stereocenters. The van der Waals surface area contributed by atoms with Crippen LogP contribution in [-0.4, -0.2) is 42.2 Å². The normalized spacial score (nSPS) is 10.8. The van der Waals surface area contributed by atoms with Gasteiger partial charge in [-0.25, -0.2) is 4.98 Å². The SMILES string of the molecule is COCCOc1ccc(-c2nc(COC)n(C)n2)cc1. The van der Waals surface area contributed by atoms with Crippen molar-refractivity contribution in [3.63, 3.8) is 0 Å². The largest absolute Gasteiger partial charge is 0.491 e. The summed E-state index contributed by atoms with van der Waals surface area (Å²) in [5.74, 6) is 2.28. The lowest BCUT2D eigenvalue weighted by Crippen LogP contribution is -2.03. The fourth-order valence-corrected chi connectivity index (χ4v) is 1.74. The Bertz CT molecular complexity index is 537. The summed E-state index contributed by atoms with van der Waals surface area (Å²) < 4.78 is 17.3. The van der Waals surface area contributed by atoms with E-state index in [-0.39, 0.29) is 0 Å². The van der Waals surface area contributed by atoms with E-state index in [4.69, 9.17) is 14.2 Å². The van der Waals surface area contributed by atoms with Gasteiger partial charge in [0, 0.05) is 26.8 Å². The number of methoxy groups -OCH3 is 2. The van der Waals surface area contributed by atoms with Crippen molar-refractivity contribution in [1.82, 2.24) is 14.8 Å². The third-order valence-electron chi connectivity index (χ3n) is 2.80. The molecular weight excluding hydrogens is 258 g/mol. The predicted octanol–water partition coefficient (Wildman–Crippen LogP) is 1.65. The molecule has 0 amide bonds. The minimum Gasteiger partial charge on any atom is -0.491 e. The smallest absolute Gasteiger partial charge is 0.181 e. The number of hydrogen-bond acceptors (Lipinski definition) is 5. The van der Waals surface area contributed by atoms with Gasteiger partial charge in [-0.1, -0.05) is 0 Å². The first-order chi connectivity index (χ1) is 9.74. The quantitative estimate of drug-likeness (QED) is 0.720. The predicted molar refractivity (Wildman–Crippen MR) is 74.5 cm³/mol. The van der Waals surface area contributed by atoms with Gasteiger partial charge < -0.3 is 14.2 Å². The molecule has 6 nitrogen and oxygen atoms in total. The molecule has 0 radical (unpaired) electrons. The lowest BCUT2D eigenvalue weighted by molar-refractivity contribution is 0.146. The van der Waals surface area contributed by atoms with Crippen LogP contribution >= 0.6 is 0 Å². The van der Waals surface area contributed by atoms with E-state index in [0.717, 1.165) is 17.1 Å². The van der Waals surface area contributed by atoms with E-state index in [1.54, 1.807) is 18.9 Å². The summed E-state index contributed by atoms with van der Waals surface area (Å²) in [6.07, 6.45) is 0. The van der Waals surface area contributed by atoms with Crippen LogP contribution in [0.2, 0.25) is 0 Å². The minimum atomic E-state index is 0.446. The van der Waals surface area contributed by atoms with Gasteiger partial charge in [0.15, 0.2) is 11.6 Å². The molecule has 6 heteroatoms. The second kappa shape index (κ2) is 7.02. The van der Waals surface area contributed by atoms with Crippen LogP contribution in [0, 0.1) is 0 Å². The van der Waals surface area contributed by atoms with E-state index in [1.165, 1.54) is 0 Å². The van der Waals surface area contributed by atoms with Crippen LogP contribution in [0.4, 0.5) is 0 Å². The van der Waals surface area contributed by atoms with Crippen LogP contribution in [0.25, 0.3) is 11.4 Å². The molecule has 0 unspecified atom stereocenters. The van der Waals surface area contributed by atoms with Crippen molar-refractivity contribution in [2.75, 3.05) is 27.4 Å². The van der Waals surface area contributed by atoms with E-state index in [0.29, 0.717) is 25.6 Å². The van der Waals surface area contributed by atoms with Crippen LogP contribution < -0.4 is 4.74 Å². The summed E-state index contributed by atoms with van der Waals surface area (Å²) in [5, 5.41) is 4.37. The highest BCUT2D eigenvalue weighted by atomic mass is 16.5. The number of rotatable bonds is 7. The van der Waals surface area contributed by atoms with Gasteiger partial charge in [0.25, 0.3) is 0 Å². The first kappa shape index (κ1) is 14.5. The van der Waals surface area contributed by atoms with Gasteiger partial charge in [-0.15, -0.1) is 0 Å². The first-order valence-electron chi connectivity index (χ1n) is 6.35. The number of benzene rings is 1. The van der Waals surface area contributed by atoms with Crippen molar-refractivity contribution < 1.29 is 14.2 Å². The molecule has 1 aromatic carbocycles. The van der Waals surface area contributed by atoms with Crippen molar-refractivity contribution in [1.29, 1.82) is 0 Å². The fraction of sp³-hybridized carbons (Fsp3) is 0.429. The molecule has 0 saturated carbocycles. The molecule has 0 fully saturated rings. The molecule has 0 bridgehead atoms. The second-order valence-corrected chi connectivity index (χ2v) is 4.27. The van der Waals surface area contributed by atoms with Gasteiger partial charge in [-0.3, -0.25) is 4.68 Å². The Hall–Kier alpha value is -1.92. The Morgan fingerprint density at radius 1 is 1.05 bits per heavy atom. The lowest BCUT2D eigenvalue weighted by atomic mass is 10.2. The summed E-state index contributed by atoms with van der Waals surface area (Å²) >= 11 is 0. The van der Waals surface area contributed by atoms with Gasteiger partial charge in [0.1, 0.15) is 19.0 Å². The van der Waals surface area contributed by atoms with Crippen molar-refractivity contribution in [2.24, 2.45) is 7.05 Å². The number of hydrogen-bond donors (Lipinski definition) is 0.